The van der Waals surface area contributed by atoms with Gasteiger partial charge in [0.05, 0.1) is 6.04 Å². The van der Waals surface area contributed by atoms with Crippen molar-refractivity contribution < 1.29 is 0 Å². The topological polar surface area (TPSA) is 38.0 Å². The van der Waals surface area contributed by atoms with E-state index in [2.05, 4.69) is 11.3 Å². The van der Waals surface area contributed by atoms with Gasteiger partial charge in [-0.25, -0.2) is 0 Å². The van der Waals surface area contributed by atoms with Crippen molar-refractivity contribution in [3.63, 3.8) is 0 Å². The number of benzene rings is 1. The predicted molar refractivity (Wildman–Crippen MR) is 60.0 cm³/mol. The van der Waals surface area contributed by atoms with Crippen LogP contribution in [0, 0.1) is 12.3 Å². The molecular formula is C10H10Cl2N2. The van der Waals surface area contributed by atoms with Gasteiger partial charge >= 0.3 is 0 Å². The number of nitrogens with two attached hydrogens (primary N) is 1. The summed E-state index contributed by atoms with van der Waals surface area (Å²) in [6.45, 7) is 0. The number of rotatable bonds is 3. The molecule has 1 rings (SSSR count). The van der Waals surface area contributed by atoms with Gasteiger partial charge in [-0.3, -0.25) is 11.3 Å². The Balaban J connectivity index is 3.09. The van der Waals surface area contributed by atoms with Crippen LogP contribution in [0.2, 0.25) is 10.0 Å². The highest BCUT2D eigenvalue weighted by molar-refractivity contribution is 6.36. The van der Waals surface area contributed by atoms with Crippen molar-refractivity contribution in [1.82, 2.24) is 5.43 Å². The van der Waals surface area contributed by atoms with E-state index in [4.69, 9.17) is 35.5 Å². The number of halogens is 2. The van der Waals surface area contributed by atoms with Gasteiger partial charge in [0.2, 0.25) is 0 Å². The average Bonchev–Trinajstić information content (AvgIpc) is 2.16. The number of hydrogen-bond donors (Lipinski definition) is 2. The Labute approximate surface area is 93.4 Å². The fourth-order valence-electron chi connectivity index (χ4n) is 1.21. The van der Waals surface area contributed by atoms with E-state index in [1.54, 1.807) is 18.2 Å². The Morgan fingerprint density at radius 3 is 2.43 bits per heavy atom. The first-order valence-electron chi connectivity index (χ1n) is 4.04. The van der Waals surface area contributed by atoms with Gasteiger partial charge in [-0.2, -0.15) is 0 Å². The van der Waals surface area contributed by atoms with E-state index in [-0.39, 0.29) is 6.04 Å². The van der Waals surface area contributed by atoms with E-state index in [1.165, 1.54) is 0 Å². The highest BCUT2D eigenvalue weighted by Crippen LogP contribution is 2.31. The summed E-state index contributed by atoms with van der Waals surface area (Å²) < 4.78 is 0. The second-order valence-corrected chi connectivity index (χ2v) is 3.58. The highest BCUT2D eigenvalue weighted by Gasteiger charge is 2.15. The number of nitrogens with one attached hydrogen (secondary N) is 1. The first-order chi connectivity index (χ1) is 6.70. The number of hydrogen-bond acceptors (Lipinski definition) is 2. The van der Waals surface area contributed by atoms with Crippen LogP contribution in [0.25, 0.3) is 0 Å². The molecule has 1 unspecified atom stereocenters. The van der Waals surface area contributed by atoms with E-state index in [0.29, 0.717) is 16.5 Å². The second-order valence-electron chi connectivity index (χ2n) is 2.76. The molecule has 74 valence electrons. The van der Waals surface area contributed by atoms with Crippen LogP contribution < -0.4 is 11.3 Å². The summed E-state index contributed by atoms with van der Waals surface area (Å²) in [7, 11) is 0. The lowest BCUT2D eigenvalue weighted by Crippen LogP contribution is -2.28. The van der Waals surface area contributed by atoms with Gasteiger partial charge in [-0.15, -0.1) is 12.3 Å². The zero-order valence-corrected chi connectivity index (χ0v) is 8.94. The van der Waals surface area contributed by atoms with Crippen LogP contribution in [-0.2, 0) is 0 Å². The average molecular weight is 229 g/mol. The molecule has 0 aliphatic carbocycles. The third kappa shape index (κ3) is 2.40. The van der Waals surface area contributed by atoms with Crippen LogP contribution in [0.4, 0.5) is 0 Å². The maximum absolute atomic E-state index is 5.99. The SMILES string of the molecule is C#CCC(NN)c1c(Cl)cccc1Cl. The molecule has 0 aromatic heterocycles. The van der Waals surface area contributed by atoms with Crippen LogP contribution in [0.15, 0.2) is 18.2 Å². The van der Waals surface area contributed by atoms with Crippen molar-refractivity contribution in [2.45, 2.75) is 12.5 Å². The minimum Gasteiger partial charge on any atom is -0.271 e. The predicted octanol–water partition coefficient (Wildman–Crippen LogP) is 2.52. The van der Waals surface area contributed by atoms with Gasteiger partial charge in [-0.05, 0) is 12.1 Å². The van der Waals surface area contributed by atoms with Crippen LogP contribution in [0.3, 0.4) is 0 Å². The first kappa shape index (κ1) is 11.4. The van der Waals surface area contributed by atoms with Gasteiger partial charge < -0.3 is 0 Å². The molecule has 14 heavy (non-hydrogen) atoms. The molecule has 0 fully saturated rings. The van der Waals surface area contributed by atoms with E-state index >= 15 is 0 Å². The second kappa shape index (κ2) is 5.23. The first-order valence-corrected chi connectivity index (χ1v) is 4.79. The standard InChI is InChI=1S/C10H10Cl2N2/c1-2-4-9(14-13)10-7(11)5-3-6-8(10)12/h1,3,5-6,9,14H,4,13H2. The number of hydrazine groups is 1. The Bertz CT molecular complexity index is 337. The number of terminal acetylenes is 1. The summed E-state index contributed by atoms with van der Waals surface area (Å²) in [5.41, 5.74) is 3.34. The fourth-order valence-corrected chi connectivity index (χ4v) is 1.87. The van der Waals surface area contributed by atoms with Crippen LogP contribution in [-0.4, -0.2) is 0 Å². The largest absolute Gasteiger partial charge is 0.271 e. The van der Waals surface area contributed by atoms with Crippen molar-refractivity contribution in [3.05, 3.63) is 33.8 Å². The zero-order chi connectivity index (χ0) is 10.6. The minimum atomic E-state index is -0.207. The lowest BCUT2D eigenvalue weighted by Gasteiger charge is -2.16. The Hall–Kier alpha value is -0.720. The molecule has 0 heterocycles. The summed E-state index contributed by atoms with van der Waals surface area (Å²) >= 11 is 12.0. The minimum absolute atomic E-state index is 0.207. The van der Waals surface area contributed by atoms with Crippen molar-refractivity contribution in [3.8, 4) is 12.3 Å². The van der Waals surface area contributed by atoms with Crippen molar-refractivity contribution >= 4 is 23.2 Å². The third-order valence-corrected chi connectivity index (χ3v) is 2.53. The fraction of sp³-hybridized carbons (Fsp3) is 0.200. The highest BCUT2D eigenvalue weighted by atomic mass is 35.5. The Kier molecular flexibility index (Phi) is 4.24. The van der Waals surface area contributed by atoms with Crippen molar-refractivity contribution in [2.75, 3.05) is 0 Å². The summed E-state index contributed by atoms with van der Waals surface area (Å²) in [5, 5.41) is 1.13. The van der Waals surface area contributed by atoms with E-state index in [9.17, 15) is 0 Å². The normalized spacial score (nSPS) is 12.1. The van der Waals surface area contributed by atoms with Crippen LogP contribution >= 0.6 is 23.2 Å². The van der Waals surface area contributed by atoms with E-state index in [0.717, 1.165) is 5.56 Å². The lowest BCUT2D eigenvalue weighted by atomic mass is 10.0. The molecule has 0 saturated heterocycles. The van der Waals surface area contributed by atoms with Gasteiger partial charge in [0.1, 0.15) is 0 Å². The maximum atomic E-state index is 5.99. The van der Waals surface area contributed by atoms with Gasteiger partial charge in [-0.1, -0.05) is 29.3 Å². The molecule has 1 aromatic carbocycles. The molecule has 0 spiro atoms. The molecule has 0 aliphatic rings. The van der Waals surface area contributed by atoms with Gasteiger partial charge in [0, 0.05) is 22.0 Å². The monoisotopic (exact) mass is 228 g/mol. The summed E-state index contributed by atoms with van der Waals surface area (Å²) in [6.07, 6.45) is 5.66. The molecule has 0 aliphatic heterocycles. The van der Waals surface area contributed by atoms with E-state index in [1.807, 2.05) is 0 Å². The molecule has 0 saturated carbocycles. The van der Waals surface area contributed by atoms with Crippen molar-refractivity contribution in [2.24, 2.45) is 5.84 Å². The molecule has 2 nitrogen and oxygen atoms in total. The maximum Gasteiger partial charge on any atom is 0.0598 e. The smallest absolute Gasteiger partial charge is 0.0598 e. The molecule has 1 atom stereocenters. The Morgan fingerprint density at radius 2 is 2.00 bits per heavy atom. The molecule has 0 bridgehead atoms. The lowest BCUT2D eigenvalue weighted by molar-refractivity contribution is 0.568. The quantitative estimate of drug-likeness (QED) is 0.474. The summed E-state index contributed by atoms with van der Waals surface area (Å²) in [5.74, 6) is 7.88. The molecule has 0 radical (unpaired) electrons. The summed E-state index contributed by atoms with van der Waals surface area (Å²) in [6, 6.07) is 5.08. The third-order valence-electron chi connectivity index (χ3n) is 1.87. The van der Waals surface area contributed by atoms with E-state index < -0.39 is 0 Å². The molecule has 0 amide bonds. The Morgan fingerprint density at radius 1 is 1.43 bits per heavy atom. The van der Waals surface area contributed by atoms with Gasteiger partial charge in [0.15, 0.2) is 0 Å². The molecular weight excluding hydrogens is 219 g/mol. The van der Waals surface area contributed by atoms with Gasteiger partial charge in [0.25, 0.3) is 0 Å². The molecule has 3 N–H and O–H groups in total. The molecule has 4 heteroatoms. The molecule has 1 aromatic rings. The zero-order valence-electron chi connectivity index (χ0n) is 7.43. The van der Waals surface area contributed by atoms with Crippen LogP contribution in [0.5, 0.6) is 0 Å². The van der Waals surface area contributed by atoms with Crippen molar-refractivity contribution in [1.29, 1.82) is 0 Å². The van der Waals surface area contributed by atoms with Crippen LogP contribution in [0.1, 0.15) is 18.0 Å². The summed E-state index contributed by atoms with van der Waals surface area (Å²) in [4.78, 5) is 0.